The predicted molar refractivity (Wildman–Crippen MR) is 106 cm³/mol. The van der Waals surface area contributed by atoms with Crippen molar-refractivity contribution in [1.82, 2.24) is 25.3 Å². The number of hydrogen-bond donors (Lipinski definition) is 1. The van der Waals surface area contributed by atoms with E-state index in [9.17, 15) is 9.59 Å². The zero-order valence-corrected chi connectivity index (χ0v) is 16.7. The molecule has 2 aliphatic heterocycles. The van der Waals surface area contributed by atoms with Gasteiger partial charge in [0.05, 0.1) is 12.5 Å². The van der Waals surface area contributed by atoms with Crippen LogP contribution < -0.4 is 5.32 Å². The normalized spacial score (nSPS) is 21.2. The number of carbonyl (C=O) groups excluding carboxylic acids is 2. The van der Waals surface area contributed by atoms with Gasteiger partial charge in [0.25, 0.3) is 0 Å². The highest BCUT2D eigenvalue weighted by molar-refractivity contribution is 5.88. The highest BCUT2D eigenvalue weighted by atomic mass is 16.5. The monoisotopic (exact) mass is 397 g/mol. The van der Waals surface area contributed by atoms with Crippen LogP contribution >= 0.6 is 0 Å². The van der Waals surface area contributed by atoms with E-state index in [0.29, 0.717) is 32.0 Å². The third-order valence-electron chi connectivity index (χ3n) is 6.04. The fourth-order valence-corrected chi connectivity index (χ4v) is 4.22. The molecule has 0 radical (unpaired) electrons. The molecule has 154 valence electrons. The maximum atomic E-state index is 12.9. The summed E-state index contributed by atoms with van der Waals surface area (Å²) in [5.41, 5.74) is 2.40. The van der Waals surface area contributed by atoms with Crippen LogP contribution in [0.5, 0.6) is 0 Å². The smallest absolute Gasteiger partial charge is 0.237 e. The van der Waals surface area contributed by atoms with E-state index in [4.69, 9.17) is 4.52 Å². The molecular formula is C21H27N5O3. The summed E-state index contributed by atoms with van der Waals surface area (Å²) in [5.74, 6) is 0.926. The number of aromatic nitrogens is 2. The first kappa shape index (κ1) is 19.6. The predicted octanol–water partition coefficient (Wildman–Crippen LogP) is 1.47. The van der Waals surface area contributed by atoms with Crippen molar-refractivity contribution in [3.8, 4) is 0 Å². The van der Waals surface area contributed by atoms with E-state index in [1.54, 1.807) is 0 Å². The standard InChI is InChI=1S/C21H27N5O3/c1-15-4-2-3-5-17(15)13-26-11-8-22-21(28)18(26)12-19(27)25-9-6-16(7-10-25)20-23-14-29-24-20/h2-5,14,16,18H,6-13H2,1H3,(H,22,28)/t18-/m1/s1. The molecule has 29 heavy (non-hydrogen) atoms. The van der Waals surface area contributed by atoms with Crippen molar-refractivity contribution < 1.29 is 14.1 Å². The molecule has 0 unspecified atom stereocenters. The minimum Gasteiger partial charge on any atom is -0.353 e. The molecule has 2 aromatic rings. The number of piperazine rings is 1. The van der Waals surface area contributed by atoms with Gasteiger partial charge in [0.15, 0.2) is 5.82 Å². The Bertz CT molecular complexity index is 846. The van der Waals surface area contributed by atoms with Gasteiger partial charge in [-0.05, 0) is 30.9 Å². The Morgan fingerprint density at radius 3 is 2.76 bits per heavy atom. The number of nitrogens with one attached hydrogen (secondary N) is 1. The molecule has 0 bridgehead atoms. The number of likely N-dealkylation sites (tertiary alicyclic amines) is 1. The van der Waals surface area contributed by atoms with Gasteiger partial charge in [-0.1, -0.05) is 29.4 Å². The first-order chi connectivity index (χ1) is 14.1. The van der Waals surface area contributed by atoms with Crippen molar-refractivity contribution in [2.75, 3.05) is 26.2 Å². The lowest BCUT2D eigenvalue weighted by Gasteiger charge is -2.37. The fourth-order valence-electron chi connectivity index (χ4n) is 4.22. The van der Waals surface area contributed by atoms with Crippen LogP contribution in [0.25, 0.3) is 0 Å². The van der Waals surface area contributed by atoms with E-state index in [0.717, 1.165) is 19.4 Å². The summed E-state index contributed by atoms with van der Waals surface area (Å²) in [6.07, 6.45) is 3.19. The minimum absolute atomic E-state index is 0.0356. The van der Waals surface area contributed by atoms with E-state index >= 15 is 0 Å². The van der Waals surface area contributed by atoms with Crippen LogP contribution in [0, 0.1) is 6.92 Å². The molecule has 4 rings (SSSR count). The highest BCUT2D eigenvalue weighted by Crippen LogP contribution is 2.26. The van der Waals surface area contributed by atoms with Gasteiger partial charge in [0, 0.05) is 38.6 Å². The van der Waals surface area contributed by atoms with Gasteiger partial charge in [-0.25, -0.2) is 0 Å². The molecule has 2 amide bonds. The zero-order valence-electron chi connectivity index (χ0n) is 16.7. The van der Waals surface area contributed by atoms with E-state index in [-0.39, 0.29) is 24.2 Å². The van der Waals surface area contributed by atoms with Crippen LogP contribution in [0.3, 0.4) is 0 Å². The number of nitrogens with zero attached hydrogens (tertiary/aromatic N) is 4. The Labute approximate surface area is 170 Å². The quantitative estimate of drug-likeness (QED) is 0.822. The average molecular weight is 397 g/mol. The van der Waals surface area contributed by atoms with Gasteiger partial charge in [-0.3, -0.25) is 14.5 Å². The fraction of sp³-hybridized carbons (Fsp3) is 0.524. The van der Waals surface area contributed by atoms with Gasteiger partial charge >= 0.3 is 0 Å². The summed E-state index contributed by atoms with van der Waals surface area (Å²) in [5, 5.41) is 6.84. The number of carbonyl (C=O) groups is 2. The van der Waals surface area contributed by atoms with Crippen LogP contribution in [-0.4, -0.2) is 64.0 Å². The zero-order chi connectivity index (χ0) is 20.2. The average Bonchev–Trinajstić information content (AvgIpc) is 3.27. The number of aryl methyl sites for hydroxylation is 1. The Balaban J connectivity index is 1.37. The molecule has 8 heteroatoms. The molecule has 0 aliphatic carbocycles. The second-order valence-electron chi connectivity index (χ2n) is 7.85. The van der Waals surface area contributed by atoms with Gasteiger partial charge < -0.3 is 14.7 Å². The van der Waals surface area contributed by atoms with Gasteiger partial charge in [-0.2, -0.15) is 4.98 Å². The van der Waals surface area contributed by atoms with Gasteiger partial charge in [-0.15, -0.1) is 0 Å². The molecular weight excluding hydrogens is 370 g/mol. The first-order valence-corrected chi connectivity index (χ1v) is 10.2. The van der Waals surface area contributed by atoms with Crippen LogP contribution in [0.4, 0.5) is 0 Å². The summed E-state index contributed by atoms with van der Waals surface area (Å²) in [6.45, 7) is 5.43. The number of amides is 2. The summed E-state index contributed by atoms with van der Waals surface area (Å²) in [4.78, 5) is 33.6. The lowest BCUT2D eigenvalue weighted by Crippen LogP contribution is -2.56. The molecule has 1 atom stereocenters. The van der Waals surface area contributed by atoms with Crippen molar-refractivity contribution in [1.29, 1.82) is 0 Å². The lowest BCUT2D eigenvalue weighted by molar-refractivity contribution is -0.139. The minimum atomic E-state index is -0.425. The van der Waals surface area contributed by atoms with Crippen LogP contribution in [-0.2, 0) is 16.1 Å². The number of hydrogen-bond acceptors (Lipinski definition) is 6. The van der Waals surface area contributed by atoms with Gasteiger partial charge in [0.1, 0.15) is 0 Å². The summed E-state index contributed by atoms with van der Waals surface area (Å²) >= 11 is 0. The third-order valence-corrected chi connectivity index (χ3v) is 6.04. The Morgan fingerprint density at radius 1 is 1.24 bits per heavy atom. The molecule has 2 fully saturated rings. The largest absolute Gasteiger partial charge is 0.353 e. The van der Waals surface area contributed by atoms with Crippen molar-refractivity contribution in [2.45, 2.75) is 44.7 Å². The second-order valence-corrected chi connectivity index (χ2v) is 7.85. The Kier molecular flexibility index (Phi) is 5.89. The Morgan fingerprint density at radius 2 is 2.03 bits per heavy atom. The number of piperidine rings is 1. The molecule has 2 saturated heterocycles. The SMILES string of the molecule is Cc1ccccc1CN1CCNC(=O)[C@H]1CC(=O)N1CCC(c2ncon2)CC1. The maximum absolute atomic E-state index is 12.9. The van der Waals surface area contributed by atoms with Crippen LogP contribution in [0.1, 0.15) is 42.1 Å². The maximum Gasteiger partial charge on any atom is 0.237 e. The van der Waals surface area contributed by atoms with Crippen LogP contribution in [0.15, 0.2) is 35.2 Å². The lowest BCUT2D eigenvalue weighted by atomic mass is 9.95. The number of benzene rings is 1. The molecule has 1 aromatic heterocycles. The van der Waals surface area contributed by atoms with Crippen molar-refractivity contribution in [3.05, 3.63) is 47.6 Å². The molecule has 1 aromatic carbocycles. The first-order valence-electron chi connectivity index (χ1n) is 10.2. The third kappa shape index (κ3) is 4.48. The molecule has 8 nitrogen and oxygen atoms in total. The van der Waals surface area contributed by atoms with Crippen molar-refractivity contribution >= 4 is 11.8 Å². The molecule has 0 saturated carbocycles. The van der Waals surface area contributed by atoms with E-state index in [1.165, 1.54) is 17.5 Å². The number of rotatable bonds is 5. The molecule has 3 heterocycles. The molecule has 0 spiro atoms. The second kappa shape index (κ2) is 8.73. The Hall–Kier alpha value is -2.74. The van der Waals surface area contributed by atoms with Crippen molar-refractivity contribution in [2.24, 2.45) is 0 Å². The molecule has 1 N–H and O–H groups in total. The summed E-state index contributed by atoms with van der Waals surface area (Å²) in [7, 11) is 0. The van der Waals surface area contributed by atoms with Crippen molar-refractivity contribution in [3.63, 3.8) is 0 Å². The molecule has 2 aliphatic rings. The van der Waals surface area contributed by atoms with Gasteiger partial charge in [0.2, 0.25) is 18.2 Å². The summed E-state index contributed by atoms with van der Waals surface area (Å²) < 4.78 is 4.83. The highest BCUT2D eigenvalue weighted by Gasteiger charge is 2.34. The van der Waals surface area contributed by atoms with E-state index in [2.05, 4.69) is 39.4 Å². The summed E-state index contributed by atoms with van der Waals surface area (Å²) in [6, 6.07) is 7.77. The topological polar surface area (TPSA) is 91.6 Å². The van der Waals surface area contributed by atoms with E-state index < -0.39 is 6.04 Å². The van der Waals surface area contributed by atoms with Crippen LogP contribution in [0.2, 0.25) is 0 Å². The van der Waals surface area contributed by atoms with E-state index in [1.807, 2.05) is 17.0 Å².